The third kappa shape index (κ3) is 5.91. The Morgan fingerprint density at radius 2 is 1.97 bits per heavy atom. The van der Waals surface area contributed by atoms with Crippen molar-refractivity contribution in [1.82, 2.24) is 15.2 Å². The summed E-state index contributed by atoms with van der Waals surface area (Å²) in [5.41, 5.74) is 6.61. The van der Waals surface area contributed by atoms with E-state index in [1.807, 2.05) is 30.9 Å². The van der Waals surface area contributed by atoms with Crippen molar-refractivity contribution < 1.29 is 23.5 Å². The molecule has 4 heterocycles. The fraction of sp³-hybridized carbons (Fsp3) is 0.452. The molecule has 1 unspecified atom stereocenters. The van der Waals surface area contributed by atoms with Crippen molar-refractivity contribution in [2.45, 2.75) is 87.0 Å². The monoisotopic (exact) mass is 537 g/mol. The fourth-order valence-electron chi connectivity index (χ4n) is 4.74. The average molecular weight is 538 g/mol. The second-order valence-corrected chi connectivity index (χ2v) is 9.87. The van der Waals surface area contributed by atoms with E-state index in [1.54, 1.807) is 6.92 Å². The summed E-state index contributed by atoms with van der Waals surface area (Å²) in [6, 6.07) is 3.58. The number of hydrogen-bond acceptors (Lipinski definition) is 7. The van der Waals surface area contributed by atoms with Gasteiger partial charge in [-0.25, -0.2) is 14.2 Å². The number of rotatable bonds is 4. The quantitative estimate of drug-likeness (QED) is 0.473. The Kier molecular flexibility index (Phi) is 9.67. The zero-order valence-electron chi connectivity index (χ0n) is 24.3. The van der Waals surface area contributed by atoms with Crippen LogP contribution in [-0.2, 0) is 32.2 Å². The summed E-state index contributed by atoms with van der Waals surface area (Å²) >= 11 is 0. The molecule has 1 aromatic heterocycles. The van der Waals surface area contributed by atoms with Gasteiger partial charge in [0.25, 0.3) is 0 Å². The summed E-state index contributed by atoms with van der Waals surface area (Å²) in [5.74, 6) is -1.50. The maximum absolute atomic E-state index is 14.5. The normalized spacial score (nSPS) is 17.3. The Labute approximate surface area is 230 Å². The van der Waals surface area contributed by atoms with Crippen LogP contribution in [0.25, 0.3) is 16.6 Å². The van der Waals surface area contributed by atoms with Gasteiger partial charge in [-0.1, -0.05) is 54.5 Å². The smallest absolute Gasteiger partial charge is 0.352 e. The predicted octanol–water partition coefficient (Wildman–Crippen LogP) is 6.09. The summed E-state index contributed by atoms with van der Waals surface area (Å²) in [5, 5.41) is 4.39. The number of halogens is 1. The largest absolute Gasteiger partial charge is 0.458 e. The topological polar surface area (TPSA) is 80.8 Å². The van der Waals surface area contributed by atoms with Gasteiger partial charge >= 0.3 is 11.9 Å². The van der Waals surface area contributed by atoms with Gasteiger partial charge in [0.05, 0.1) is 23.5 Å². The molecule has 0 aliphatic carbocycles. The van der Waals surface area contributed by atoms with Gasteiger partial charge in [0.2, 0.25) is 6.10 Å². The van der Waals surface area contributed by atoms with Gasteiger partial charge in [0.1, 0.15) is 12.4 Å². The molecule has 0 saturated heterocycles. The summed E-state index contributed by atoms with van der Waals surface area (Å²) in [4.78, 5) is 30.9. The molecule has 0 fully saturated rings. The van der Waals surface area contributed by atoms with Crippen LogP contribution in [0, 0.1) is 12.7 Å². The second-order valence-electron chi connectivity index (χ2n) is 9.87. The lowest BCUT2D eigenvalue weighted by molar-refractivity contribution is -0.164. The third-order valence-corrected chi connectivity index (χ3v) is 6.48. The standard InChI is InChI=1S/C26H26FN3O4.C3H8.C2H6/c1-12(2)28-9-18-16-6-13(3)21(27)8-22(16)29-24-19(18)10-30-14(4)20-11-33-26(32)25(34-15(5)31)17(20)7-23(24)30;1-3-2;1-2/h6-8,12,25,28H,4,9-11H2,1-3,5H3;3H2,1-2H3;1-2H3. The number of pyridine rings is 1. The number of ether oxygens (including phenoxy) is 2. The molecule has 0 spiro atoms. The molecule has 0 saturated carbocycles. The van der Waals surface area contributed by atoms with Crippen LogP contribution in [0.4, 0.5) is 4.39 Å². The van der Waals surface area contributed by atoms with E-state index in [9.17, 15) is 14.0 Å². The molecular formula is C31H40FN3O4. The maximum Gasteiger partial charge on any atom is 0.352 e. The SMILES string of the molecule is C=C1C2=C(C=C3c4nc5cc(F)c(C)cc5c(CNC(C)C)c4CN13)C(OC(C)=O)C(=O)OC2.CC.CCC. The van der Waals surface area contributed by atoms with Crippen LogP contribution >= 0.6 is 0 Å². The van der Waals surface area contributed by atoms with E-state index in [0.29, 0.717) is 41.1 Å². The second kappa shape index (κ2) is 12.6. The Hall–Kier alpha value is -3.52. The van der Waals surface area contributed by atoms with Crippen LogP contribution < -0.4 is 5.32 Å². The zero-order valence-corrected chi connectivity index (χ0v) is 24.3. The van der Waals surface area contributed by atoms with E-state index in [1.165, 1.54) is 19.4 Å². The van der Waals surface area contributed by atoms with Crippen molar-refractivity contribution in [3.63, 3.8) is 0 Å². The Balaban J connectivity index is 0.000000787. The number of carbonyl (C=O) groups excluding carboxylic acids is 2. The molecule has 210 valence electrons. The molecule has 0 bridgehead atoms. The Bertz CT molecular complexity index is 1360. The van der Waals surface area contributed by atoms with Crippen molar-refractivity contribution in [3.05, 3.63) is 69.8 Å². The van der Waals surface area contributed by atoms with Gasteiger partial charge in [-0.3, -0.25) is 4.79 Å². The summed E-state index contributed by atoms with van der Waals surface area (Å²) in [6.07, 6.45) is 1.92. The van der Waals surface area contributed by atoms with E-state index in [-0.39, 0.29) is 18.5 Å². The van der Waals surface area contributed by atoms with Crippen LogP contribution in [0.5, 0.6) is 0 Å². The van der Waals surface area contributed by atoms with E-state index in [0.717, 1.165) is 27.8 Å². The first kappa shape index (κ1) is 30.0. The minimum Gasteiger partial charge on any atom is -0.458 e. The van der Waals surface area contributed by atoms with E-state index in [4.69, 9.17) is 14.5 Å². The fourth-order valence-corrected chi connectivity index (χ4v) is 4.74. The van der Waals surface area contributed by atoms with Gasteiger partial charge in [-0.15, -0.1) is 0 Å². The van der Waals surface area contributed by atoms with E-state index in [2.05, 4.69) is 39.6 Å². The summed E-state index contributed by atoms with van der Waals surface area (Å²) in [6.45, 7) is 20.9. The number of hydrogen-bond donors (Lipinski definition) is 1. The first-order valence-corrected chi connectivity index (χ1v) is 13.7. The Morgan fingerprint density at radius 1 is 1.31 bits per heavy atom. The van der Waals surface area contributed by atoms with Gasteiger partial charge in [0, 0.05) is 53.4 Å². The van der Waals surface area contributed by atoms with Gasteiger partial charge in [-0.2, -0.15) is 0 Å². The molecule has 0 radical (unpaired) electrons. The molecule has 0 amide bonds. The zero-order chi connectivity index (χ0) is 29.0. The van der Waals surface area contributed by atoms with Crippen molar-refractivity contribution in [2.24, 2.45) is 0 Å². The highest BCUT2D eigenvalue weighted by molar-refractivity contribution is 5.91. The number of fused-ring (bicyclic) bond motifs is 4. The van der Waals surface area contributed by atoms with Crippen molar-refractivity contribution in [3.8, 4) is 0 Å². The van der Waals surface area contributed by atoms with Crippen molar-refractivity contribution >= 4 is 28.5 Å². The van der Waals surface area contributed by atoms with Gasteiger partial charge < -0.3 is 19.7 Å². The highest BCUT2D eigenvalue weighted by Gasteiger charge is 2.42. The van der Waals surface area contributed by atoms with Gasteiger partial charge in [0.15, 0.2) is 0 Å². The number of cyclic esters (lactones) is 1. The van der Waals surface area contributed by atoms with Crippen LogP contribution in [-0.4, -0.2) is 40.6 Å². The molecule has 8 heteroatoms. The van der Waals surface area contributed by atoms with Gasteiger partial charge in [-0.05, 0) is 30.2 Å². The first-order valence-electron chi connectivity index (χ1n) is 13.7. The third-order valence-electron chi connectivity index (χ3n) is 6.48. The molecule has 1 aromatic carbocycles. The molecule has 1 atom stereocenters. The lowest BCUT2D eigenvalue weighted by atomic mass is 9.93. The number of esters is 2. The molecule has 39 heavy (non-hydrogen) atoms. The van der Waals surface area contributed by atoms with Crippen LogP contribution in [0.3, 0.4) is 0 Å². The molecule has 7 nitrogen and oxygen atoms in total. The minimum absolute atomic E-state index is 0.0585. The molecule has 5 rings (SSSR count). The van der Waals surface area contributed by atoms with Crippen LogP contribution in [0.15, 0.2) is 41.6 Å². The highest BCUT2D eigenvalue weighted by atomic mass is 19.1. The Morgan fingerprint density at radius 3 is 2.59 bits per heavy atom. The minimum atomic E-state index is -1.15. The lowest BCUT2D eigenvalue weighted by Crippen LogP contribution is -2.38. The number of benzene rings is 1. The van der Waals surface area contributed by atoms with Crippen LogP contribution in [0.2, 0.25) is 0 Å². The number of carbonyl (C=O) groups is 2. The summed E-state index contributed by atoms with van der Waals surface area (Å²) < 4.78 is 25.0. The molecule has 2 aromatic rings. The number of nitrogens with one attached hydrogen (secondary N) is 1. The van der Waals surface area contributed by atoms with E-state index < -0.39 is 18.0 Å². The summed E-state index contributed by atoms with van der Waals surface area (Å²) in [7, 11) is 0. The van der Waals surface area contributed by atoms with E-state index >= 15 is 0 Å². The van der Waals surface area contributed by atoms with Crippen LogP contribution in [0.1, 0.15) is 77.3 Å². The maximum atomic E-state index is 14.5. The number of aromatic nitrogens is 1. The first-order chi connectivity index (χ1) is 18.6. The molecule has 3 aliphatic rings. The molecular weight excluding hydrogens is 497 g/mol. The van der Waals surface area contributed by atoms with Crippen molar-refractivity contribution in [2.75, 3.05) is 6.61 Å². The molecule has 3 aliphatic heterocycles. The molecule has 1 N–H and O–H groups in total. The average Bonchev–Trinajstić information content (AvgIpc) is 3.25. The lowest BCUT2D eigenvalue weighted by Gasteiger charge is -2.34. The predicted molar refractivity (Wildman–Crippen MR) is 152 cm³/mol. The van der Waals surface area contributed by atoms with Crippen molar-refractivity contribution in [1.29, 1.82) is 0 Å². The number of nitrogens with zero attached hydrogens (tertiary/aromatic N) is 2. The number of aryl methyl sites for hydroxylation is 1. The highest BCUT2D eigenvalue weighted by Crippen LogP contribution is 2.45.